The first-order valence-corrected chi connectivity index (χ1v) is 19.2. The predicted molar refractivity (Wildman–Crippen MR) is 197 cm³/mol. The highest BCUT2D eigenvalue weighted by atomic mass is 19.4. The number of alkyl carbamates (subject to hydrolysis) is 1. The van der Waals surface area contributed by atoms with E-state index < -0.39 is 95.4 Å². The fourth-order valence-corrected chi connectivity index (χ4v) is 8.34. The first kappa shape index (κ1) is 44.8. The number of alkyl halides is 3. The fourth-order valence-electron chi connectivity index (χ4n) is 8.34. The first-order valence-electron chi connectivity index (χ1n) is 19.2. The summed E-state index contributed by atoms with van der Waals surface area (Å²) < 4.78 is 70.1. The van der Waals surface area contributed by atoms with Gasteiger partial charge in [-0.05, 0) is 91.2 Å². The number of hydrogen-bond donors (Lipinski definition) is 4. The van der Waals surface area contributed by atoms with Gasteiger partial charge in [0.25, 0.3) is 0 Å². The molecule has 3 aliphatic rings. The molecule has 0 radical (unpaired) electrons. The number of aliphatic hydroxyl groups excluding tert-OH is 1. The average Bonchev–Trinajstić information content (AvgIpc) is 3.45. The van der Waals surface area contributed by atoms with E-state index in [9.17, 15) is 32.7 Å². The van der Waals surface area contributed by atoms with Crippen molar-refractivity contribution in [3.63, 3.8) is 0 Å². The van der Waals surface area contributed by atoms with Gasteiger partial charge in [-0.15, -0.1) is 0 Å². The Hall–Kier alpha value is -2.86. The van der Waals surface area contributed by atoms with Crippen molar-refractivity contribution in [1.29, 1.82) is 0 Å². The molecular formula is C39H61F3N4O9. The van der Waals surface area contributed by atoms with E-state index in [-0.39, 0.29) is 18.5 Å². The molecule has 0 aliphatic carbocycles. The monoisotopic (exact) mass is 786 g/mol. The van der Waals surface area contributed by atoms with Gasteiger partial charge < -0.3 is 49.6 Å². The van der Waals surface area contributed by atoms with Crippen LogP contribution >= 0.6 is 0 Å². The van der Waals surface area contributed by atoms with Gasteiger partial charge in [-0.1, -0.05) is 32.9 Å². The summed E-state index contributed by atoms with van der Waals surface area (Å²) in [6, 6.07) is 3.67. The van der Waals surface area contributed by atoms with Crippen LogP contribution in [-0.4, -0.2) is 122 Å². The van der Waals surface area contributed by atoms with Crippen LogP contribution in [0, 0.1) is 17.8 Å². The van der Waals surface area contributed by atoms with Crippen LogP contribution in [0.25, 0.3) is 0 Å². The zero-order chi connectivity index (χ0) is 41.0. The van der Waals surface area contributed by atoms with E-state index in [0.717, 1.165) is 12.1 Å². The summed E-state index contributed by atoms with van der Waals surface area (Å²) in [5.74, 6) is -3.46. The van der Waals surface area contributed by atoms with Crippen LogP contribution < -0.4 is 16.0 Å². The molecule has 1 aromatic carbocycles. The Bertz CT molecular complexity index is 1470. The highest BCUT2D eigenvalue weighted by Crippen LogP contribution is 2.38. The molecule has 0 saturated carbocycles. The minimum Gasteiger partial charge on any atom is -0.458 e. The molecule has 4 N–H and O–H groups in total. The Labute approximate surface area is 322 Å². The number of esters is 1. The average molecular weight is 787 g/mol. The number of benzene rings is 1. The van der Waals surface area contributed by atoms with Crippen molar-refractivity contribution < 1.29 is 56.3 Å². The number of hydrogen-bond acceptors (Lipinski definition) is 12. The Morgan fingerprint density at radius 1 is 1.07 bits per heavy atom. The number of Topliss-reactive ketones (excluding diaryl/α,β-unsaturated/α-hetero) is 1. The Balaban J connectivity index is 1.61. The van der Waals surface area contributed by atoms with Gasteiger partial charge in [0.2, 0.25) is 0 Å². The van der Waals surface area contributed by atoms with Crippen molar-refractivity contribution in [3.8, 4) is 0 Å². The van der Waals surface area contributed by atoms with E-state index in [4.69, 9.17) is 23.7 Å². The van der Waals surface area contributed by atoms with Crippen LogP contribution in [0.15, 0.2) is 24.3 Å². The molecule has 13 nitrogen and oxygen atoms in total. The van der Waals surface area contributed by atoms with Crippen molar-refractivity contribution in [1.82, 2.24) is 20.9 Å². The third-order valence-electron chi connectivity index (χ3n) is 11.7. The molecule has 1 aromatic rings. The van der Waals surface area contributed by atoms with Gasteiger partial charge in [0, 0.05) is 38.2 Å². The Kier molecular flexibility index (Phi) is 14.8. The maximum absolute atomic E-state index is 14.3. The molecule has 312 valence electrons. The number of nitrogens with zero attached hydrogens (tertiary/aromatic N) is 1. The molecule has 3 fully saturated rings. The van der Waals surface area contributed by atoms with Crippen LogP contribution in [0.3, 0.4) is 0 Å². The zero-order valence-corrected chi connectivity index (χ0v) is 33.7. The lowest BCUT2D eigenvalue weighted by Gasteiger charge is -2.47. The van der Waals surface area contributed by atoms with Crippen LogP contribution in [0.5, 0.6) is 0 Å². The molecule has 55 heavy (non-hydrogen) atoms. The number of rotatable bonds is 9. The summed E-state index contributed by atoms with van der Waals surface area (Å²) in [4.78, 5) is 42.4. The van der Waals surface area contributed by atoms with Crippen molar-refractivity contribution in [2.75, 3.05) is 34.3 Å². The molecular weight excluding hydrogens is 725 g/mol. The second-order valence-electron chi connectivity index (χ2n) is 16.2. The molecule has 0 spiro atoms. The molecule has 13 atom stereocenters. The number of ether oxygens (including phenoxy) is 5. The van der Waals surface area contributed by atoms with E-state index in [1.54, 1.807) is 13.8 Å². The predicted octanol–water partition coefficient (Wildman–Crippen LogP) is 4.04. The normalized spacial score (nSPS) is 38.4. The Morgan fingerprint density at radius 3 is 2.31 bits per heavy atom. The molecule has 3 heterocycles. The van der Waals surface area contributed by atoms with Crippen LogP contribution in [-0.2, 0) is 46.0 Å². The number of aliphatic hydroxyl groups is 1. The van der Waals surface area contributed by atoms with Gasteiger partial charge >= 0.3 is 18.2 Å². The molecule has 0 aromatic heterocycles. The number of fused-ring (bicyclic) bond motifs is 1. The van der Waals surface area contributed by atoms with Crippen LogP contribution in [0.1, 0.15) is 78.9 Å². The van der Waals surface area contributed by atoms with E-state index in [1.807, 2.05) is 46.7 Å². The van der Waals surface area contributed by atoms with E-state index in [2.05, 4.69) is 16.0 Å². The van der Waals surface area contributed by atoms with Crippen LogP contribution in [0.4, 0.5) is 18.0 Å². The minimum atomic E-state index is -4.42. The summed E-state index contributed by atoms with van der Waals surface area (Å²) in [6.07, 6.45) is -8.59. The van der Waals surface area contributed by atoms with Gasteiger partial charge in [-0.25, -0.2) is 4.79 Å². The lowest BCUT2D eigenvalue weighted by atomic mass is 9.78. The number of carbonyl (C=O) groups is 3. The van der Waals surface area contributed by atoms with Gasteiger partial charge in [-0.2, -0.15) is 13.2 Å². The first-order chi connectivity index (χ1) is 25.6. The number of nitrogens with one attached hydrogen (secondary N) is 3. The van der Waals surface area contributed by atoms with Gasteiger partial charge in [0.1, 0.15) is 18.1 Å². The smallest absolute Gasteiger partial charge is 0.416 e. The zero-order valence-electron chi connectivity index (χ0n) is 33.7. The third-order valence-corrected chi connectivity index (χ3v) is 11.7. The number of carbonyl (C=O) groups excluding carboxylic acids is 3. The topological polar surface area (TPSA) is 157 Å². The quantitative estimate of drug-likeness (QED) is 0.211. The molecule has 0 bridgehead atoms. The summed E-state index contributed by atoms with van der Waals surface area (Å²) in [7, 11) is 5.19. The SMILES string of the molecule is CC[C@@H]1OC(=O)C(C)C(=O)[C@H](C)[C@@H](O[C@@H]2O[C@H](CNCc3ccc(C(F)(F)F)cc3)CC(N(C)C)C2O)[C@](C)(OC)C[C@@H](C)CN[C@H](C)[C@H]2NC(=O)O[C@]12C. The number of cyclic esters (lactones) is 1. The molecule has 16 heteroatoms. The number of ketones is 1. The maximum atomic E-state index is 14.3. The van der Waals surface area contributed by atoms with Gasteiger partial charge in [0.15, 0.2) is 17.7 Å². The maximum Gasteiger partial charge on any atom is 0.416 e. The molecule has 3 saturated heterocycles. The summed E-state index contributed by atoms with van der Waals surface area (Å²) in [5, 5.41) is 21.3. The second kappa shape index (κ2) is 18.2. The molecule has 4 rings (SSSR count). The summed E-state index contributed by atoms with van der Waals surface area (Å²) in [5.41, 5.74) is -2.40. The highest BCUT2D eigenvalue weighted by Gasteiger charge is 2.55. The lowest BCUT2D eigenvalue weighted by Crippen LogP contribution is -2.60. The largest absolute Gasteiger partial charge is 0.458 e. The fraction of sp³-hybridized carbons (Fsp3) is 0.769. The number of methoxy groups -OCH3 is 1. The summed E-state index contributed by atoms with van der Waals surface area (Å²) >= 11 is 0. The van der Waals surface area contributed by atoms with Gasteiger partial charge in [-0.3, -0.25) is 9.59 Å². The third kappa shape index (κ3) is 10.4. The minimum absolute atomic E-state index is 0.0543. The Morgan fingerprint density at radius 2 is 1.73 bits per heavy atom. The number of likely N-dealkylation sites (N-methyl/N-ethyl adjacent to an activating group) is 1. The molecule has 1 amide bonds. The van der Waals surface area contributed by atoms with Gasteiger partial charge in [0.05, 0.1) is 29.4 Å². The number of halogens is 3. The number of amides is 1. The lowest BCUT2D eigenvalue weighted by molar-refractivity contribution is -0.297. The highest BCUT2D eigenvalue weighted by molar-refractivity contribution is 6.00. The van der Waals surface area contributed by atoms with Crippen molar-refractivity contribution >= 4 is 17.8 Å². The standard InChI is InChI=1S/C39H61F3N4O9/c1-11-29-38(7)32(45-36(50)55-38)24(5)44-18-21(2)17-37(6,51-10)33(22(3)30(47)23(4)34(49)53-29)54-35-31(48)28(46(8)9)16-27(52-35)20-43-19-25-12-14-26(15-13-25)39(40,41)42/h12-15,21-24,27-29,31-33,35,43-44,48H,11,16-20H2,1-10H3,(H,45,50)/t21-,22+,23?,24-,27+,28?,29+,31?,32-,33-,35+,37-,38-/m1/s1. The van der Waals surface area contributed by atoms with Crippen molar-refractivity contribution in [2.45, 2.75) is 140 Å². The molecule has 3 aliphatic heterocycles. The van der Waals surface area contributed by atoms with Crippen molar-refractivity contribution in [2.24, 2.45) is 17.8 Å². The summed E-state index contributed by atoms with van der Waals surface area (Å²) in [6.45, 7) is 13.5. The van der Waals surface area contributed by atoms with E-state index >= 15 is 0 Å². The van der Waals surface area contributed by atoms with E-state index in [0.29, 0.717) is 37.9 Å². The van der Waals surface area contributed by atoms with E-state index in [1.165, 1.54) is 26.2 Å². The second-order valence-corrected chi connectivity index (χ2v) is 16.2. The van der Waals surface area contributed by atoms with Crippen molar-refractivity contribution in [3.05, 3.63) is 35.4 Å². The molecule has 3 unspecified atom stereocenters. The van der Waals surface area contributed by atoms with Crippen LogP contribution in [0.2, 0.25) is 0 Å².